The van der Waals surface area contributed by atoms with Gasteiger partial charge in [-0.25, -0.2) is 4.98 Å². The number of aryl methyl sites for hydroxylation is 1. The van der Waals surface area contributed by atoms with Gasteiger partial charge in [0.15, 0.2) is 0 Å². The largest absolute Gasteiger partial charge is 0.481 e. The number of rotatable bonds is 5. The van der Waals surface area contributed by atoms with Crippen LogP contribution in [0.2, 0.25) is 0 Å². The van der Waals surface area contributed by atoms with Crippen LogP contribution in [-0.4, -0.2) is 20.5 Å². The third-order valence-corrected chi connectivity index (χ3v) is 3.26. The molecule has 1 unspecified atom stereocenters. The van der Waals surface area contributed by atoms with Crippen LogP contribution in [0.1, 0.15) is 31.2 Å². The number of carboxylic acids is 1. The Hall–Kier alpha value is -1.84. The molecule has 0 radical (unpaired) electrons. The number of pyridine rings is 1. The molecule has 18 heavy (non-hydrogen) atoms. The highest BCUT2D eigenvalue weighted by Gasteiger charge is 2.20. The van der Waals surface area contributed by atoms with Gasteiger partial charge in [0, 0.05) is 18.3 Å². The van der Waals surface area contributed by atoms with Crippen LogP contribution < -0.4 is 0 Å². The van der Waals surface area contributed by atoms with Crippen molar-refractivity contribution in [2.24, 2.45) is 5.92 Å². The Morgan fingerprint density at radius 3 is 2.94 bits per heavy atom. The molecule has 0 bridgehead atoms. The number of carboxylic acid groups (broad SMARTS) is 1. The van der Waals surface area contributed by atoms with Crippen LogP contribution in [0.5, 0.6) is 0 Å². The van der Waals surface area contributed by atoms with E-state index in [9.17, 15) is 9.90 Å². The first-order chi connectivity index (χ1) is 8.63. The molecule has 0 saturated carbocycles. The molecule has 2 aromatic heterocycles. The lowest BCUT2D eigenvalue weighted by molar-refractivity contribution is -0.142. The maximum absolute atomic E-state index is 11.2. The Bertz CT molecular complexity index is 560. The van der Waals surface area contributed by atoms with Gasteiger partial charge in [-0.1, -0.05) is 19.4 Å². The first-order valence-corrected chi connectivity index (χ1v) is 6.28. The maximum Gasteiger partial charge on any atom is 0.306 e. The first-order valence-electron chi connectivity index (χ1n) is 6.28. The zero-order valence-electron chi connectivity index (χ0n) is 10.8. The predicted molar refractivity (Wildman–Crippen MR) is 69.7 cm³/mol. The molecule has 2 aromatic rings. The van der Waals surface area contributed by atoms with Gasteiger partial charge in [-0.2, -0.15) is 0 Å². The molecule has 0 saturated heterocycles. The number of aromatic nitrogens is 2. The molecule has 2 heterocycles. The molecular formula is C14H18N2O2. The predicted octanol–water partition coefficient (Wildman–Crippen LogP) is 2.69. The molecule has 0 aliphatic carbocycles. The lowest BCUT2D eigenvalue weighted by Gasteiger charge is -2.11. The monoisotopic (exact) mass is 246 g/mol. The normalized spacial score (nSPS) is 12.8. The second-order valence-electron chi connectivity index (χ2n) is 4.60. The van der Waals surface area contributed by atoms with Crippen molar-refractivity contribution in [3.8, 4) is 0 Å². The van der Waals surface area contributed by atoms with E-state index in [0.717, 1.165) is 23.5 Å². The van der Waals surface area contributed by atoms with Crippen LogP contribution in [0.25, 0.3) is 5.65 Å². The molecule has 1 atom stereocenters. The van der Waals surface area contributed by atoms with Crippen LogP contribution in [0.4, 0.5) is 0 Å². The van der Waals surface area contributed by atoms with Crippen molar-refractivity contribution in [1.82, 2.24) is 9.38 Å². The van der Waals surface area contributed by atoms with E-state index in [4.69, 9.17) is 0 Å². The molecule has 96 valence electrons. The Morgan fingerprint density at radius 2 is 2.28 bits per heavy atom. The molecule has 0 spiro atoms. The fourth-order valence-corrected chi connectivity index (χ4v) is 2.30. The van der Waals surface area contributed by atoms with Crippen molar-refractivity contribution in [3.05, 3.63) is 35.8 Å². The topological polar surface area (TPSA) is 54.6 Å². The number of hydrogen-bond donors (Lipinski definition) is 1. The highest BCUT2D eigenvalue weighted by atomic mass is 16.4. The van der Waals surface area contributed by atoms with Crippen molar-refractivity contribution in [3.63, 3.8) is 0 Å². The third-order valence-electron chi connectivity index (χ3n) is 3.26. The van der Waals surface area contributed by atoms with E-state index >= 15 is 0 Å². The van der Waals surface area contributed by atoms with Crippen molar-refractivity contribution < 1.29 is 9.90 Å². The van der Waals surface area contributed by atoms with Crippen LogP contribution in [0.15, 0.2) is 24.4 Å². The van der Waals surface area contributed by atoms with Crippen molar-refractivity contribution in [2.45, 2.75) is 33.1 Å². The number of nitrogens with zero attached hydrogens (tertiary/aromatic N) is 2. The third kappa shape index (κ3) is 2.37. The van der Waals surface area contributed by atoms with E-state index in [1.807, 2.05) is 42.6 Å². The van der Waals surface area contributed by atoms with E-state index in [-0.39, 0.29) is 5.92 Å². The fourth-order valence-electron chi connectivity index (χ4n) is 2.30. The summed E-state index contributed by atoms with van der Waals surface area (Å²) < 4.78 is 1.99. The van der Waals surface area contributed by atoms with Gasteiger partial charge in [-0.05, 0) is 25.5 Å². The smallest absolute Gasteiger partial charge is 0.306 e. The number of fused-ring (bicyclic) bond motifs is 1. The second kappa shape index (κ2) is 5.21. The fraction of sp³-hybridized carbons (Fsp3) is 0.429. The molecule has 0 aromatic carbocycles. The van der Waals surface area contributed by atoms with Crippen molar-refractivity contribution >= 4 is 11.6 Å². The molecule has 2 rings (SSSR count). The van der Waals surface area contributed by atoms with Gasteiger partial charge in [0.1, 0.15) is 5.65 Å². The van der Waals surface area contributed by atoms with Gasteiger partial charge in [0.2, 0.25) is 0 Å². The molecular weight excluding hydrogens is 228 g/mol. The Labute approximate surface area is 106 Å². The summed E-state index contributed by atoms with van der Waals surface area (Å²) in [6.45, 7) is 3.95. The van der Waals surface area contributed by atoms with Crippen LogP contribution in [0.3, 0.4) is 0 Å². The van der Waals surface area contributed by atoms with Crippen LogP contribution in [-0.2, 0) is 11.2 Å². The number of aliphatic carboxylic acids is 1. The molecule has 1 N–H and O–H groups in total. The summed E-state index contributed by atoms with van der Waals surface area (Å²) in [6, 6.07) is 5.81. The minimum Gasteiger partial charge on any atom is -0.481 e. The van der Waals surface area contributed by atoms with E-state index in [1.54, 1.807) is 0 Å². The van der Waals surface area contributed by atoms with Gasteiger partial charge in [-0.15, -0.1) is 0 Å². The maximum atomic E-state index is 11.2. The quantitative estimate of drug-likeness (QED) is 0.882. The highest BCUT2D eigenvalue weighted by molar-refractivity contribution is 5.70. The van der Waals surface area contributed by atoms with Gasteiger partial charge in [-0.3, -0.25) is 4.79 Å². The van der Waals surface area contributed by atoms with E-state index in [1.165, 1.54) is 0 Å². The summed E-state index contributed by atoms with van der Waals surface area (Å²) in [5.74, 6) is -1.05. The van der Waals surface area contributed by atoms with Gasteiger partial charge < -0.3 is 9.51 Å². The summed E-state index contributed by atoms with van der Waals surface area (Å²) in [4.78, 5) is 15.7. The van der Waals surface area contributed by atoms with Crippen molar-refractivity contribution in [1.29, 1.82) is 0 Å². The number of carbonyl (C=O) groups is 1. The number of hydrogen-bond acceptors (Lipinski definition) is 2. The first kappa shape index (κ1) is 12.6. The Balaban J connectivity index is 2.35. The number of imidazole rings is 1. The highest BCUT2D eigenvalue weighted by Crippen LogP contribution is 2.19. The SMILES string of the molecule is CCCC(Cc1c(C)nc2ccccn12)C(=O)O. The zero-order valence-corrected chi connectivity index (χ0v) is 10.8. The summed E-state index contributed by atoms with van der Waals surface area (Å²) in [6.07, 6.45) is 4.07. The van der Waals surface area contributed by atoms with Gasteiger partial charge in [0.25, 0.3) is 0 Å². The molecule has 0 aliphatic heterocycles. The summed E-state index contributed by atoms with van der Waals surface area (Å²) in [7, 11) is 0. The minimum absolute atomic E-state index is 0.325. The molecule has 4 nitrogen and oxygen atoms in total. The zero-order chi connectivity index (χ0) is 13.1. The average molecular weight is 246 g/mol. The van der Waals surface area contributed by atoms with Gasteiger partial charge >= 0.3 is 5.97 Å². The molecule has 4 heteroatoms. The molecule has 0 fully saturated rings. The standard InChI is InChI=1S/C14H18N2O2/c1-3-6-11(14(17)18)9-12-10(2)15-13-7-4-5-8-16(12)13/h4-5,7-8,11H,3,6,9H2,1-2H3,(H,17,18). The average Bonchev–Trinajstić information content (AvgIpc) is 2.65. The Kier molecular flexibility index (Phi) is 3.65. The van der Waals surface area contributed by atoms with Crippen molar-refractivity contribution in [2.75, 3.05) is 0 Å². The van der Waals surface area contributed by atoms with E-state index < -0.39 is 5.97 Å². The minimum atomic E-state index is -0.720. The Morgan fingerprint density at radius 1 is 1.50 bits per heavy atom. The van der Waals surface area contributed by atoms with Gasteiger partial charge in [0.05, 0.1) is 11.6 Å². The van der Waals surface area contributed by atoms with Crippen LogP contribution >= 0.6 is 0 Å². The van der Waals surface area contributed by atoms with E-state index in [0.29, 0.717) is 12.8 Å². The summed E-state index contributed by atoms with van der Waals surface area (Å²) in [5, 5.41) is 9.24. The molecule has 0 aliphatic rings. The lowest BCUT2D eigenvalue weighted by Crippen LogP contribution is -2.17. The summed E-state index contributed by atoms with van der Waals surface area (Å²) >= 11 is 0. The lowest BCUT2D eigenvalue weighted by atomic mass is 9.97. The second-order valence-corrected chi connectivity index (χ2v) is 4.60. The van der Waals surface area contributed by atoms with Crippen LogP contribution in [0, 0.1) is 12.8 Å². The molecule has 0 amide bonds. The van der Waals surface area contributed by atoms with E-state index in [2.05, 4.69) is 4.98 Å². The summed E-state index contributed by atoms with van der Waals surface area (Å²) in [5.41, 5.74) is 2.81.